The minimum atomic E-state index is 0.586. The van der Waals surface area contributed by atoms with Crippen LogP contribution in [0.5, 0.6) is 0 Å². The molecule has 0 amide bonds. The summed E-state index contributed by atoms with van der Waals surface area (Å²) in [5.74, 6) is 1.33. The van der Waals surface area contributed by atoms with Crippen molar-refractivity contribution in [2.75, 3.05) is 13.1 Å². The normalized spacial score (nSPS) is 19.9. The highest BCUT2D eigenvalue weighted by atomic mass is 16.5. The van der Waals surface area contributed by atoms with Crippen LogP contribution < -0.4 is 5.32 Å². The molecule has 1 atom stereocenters. The lowest BCUT2D eigenvalue weighted by atomic mass is 10.1. The maximum absolute atomic E-state index is 4.72. The number of imidazole rings is 1. The van der Waals surface area contributed by atoms with E-state index in [1.165, 1.54) is 18.5 Å². The first kappa shape index (κ1) is 10.5. The molecule has 1 aliphatic rings. The maximum atomic E-state index is 4.72. The second kappa shape index (κ2) is 4.67. The molecule has 3 heterocycles. The Balaban J connectivity index is 1.68. The van der Waals surface area contributed by atoms with Gasteiger partial charge in [-0.05, 0) is 13.0 Å². The molecule has 1 aliphatic heterocycles. The van der Waals surface area contributed by atoms with Gasteiger partial charge in [-0.1, -0.05) is 5.16 Å². The molecule has 6 nitrogen and oxygen atoms in total. The summed E-state index contributed by atoms with van der Waals surface area (Å²) in [6.45, 7) is 3.00. The Labute approximate surface area is 99.0 Å². The third-order valence-corrected chi connectivity index (χ3v) is 3.21. The van der Waals surface area contributed by atoms with Crippen molar-refractivity contribution >= 4 is 0 Å². The lowest BCUT2D eigenvalue weighted by Crippen LogP contribution is -2.12. The topological polar surface area (TPSA) is 68.8 Å². The van der Waals surface area contributed by atoms with E-state index in [9.17, 15) is 0 Å². The van der Waals surface area contributed by atoms with Gasteiger partial charge in [0.25, 0.3) is 0 Å². The molecule has 1 N–H and O–H groups in total. The minimum Gasteiger partial charge on any atom is -0.343 e. The number of hydrogen-bond acceptors (Lipinski definition) is 5. The third kappa shape index (κ3) is 2.21. The van der Waals surface area contributed by atoms with Crippen LogP contribution in [0.4, 0.5) is 0 Å². The number of nitrogens with one attached hydrogen (secondary N) is 1. The fraction of sp³-hybridized carbons (Fsp3) is 0.545. The lowest BCUT2D eigenvalue weighted by Gasteiger charge is -2.11. The molecule has 0 spiro atoms. The molecule has 0 aliphatic carbocycles. The van der Waals surface area contributed by atoms with Gasteiger partial charge < -0.3 is 14.4 Å². The molecule has 1 saturated heterocycles. The average molecular weight is 233 g/mol. The van der Waals surface area contributed by atoms with Gasteiger partial charge in [-0.3, -0.25) is 0 Å². The van der Waals surface area contributed by atoms with E-state index in [0.29, 0.717) is 5.92 Å². The Morgan fingerprint density at radius 2 is 2.53 bits per heavy atom. The van der Waals surface area contributed by atoms with Gasteiger partial charge in [0, 0.05) is 37.3 Å². The minimum absolute atomic E-state index is 0.586. The lowest BCUT2D eigenvalue weighted by molar-refractivity contribution is 0.408. The first-order chi connectivity index (χ1) is 8.43. The average Bonchev–Trinajstić information content (AvgIpc) is 3.09. The van der Waals surface area contributed by atoms with Crippen molar-refractivity contribution in [3.05, 3.63) is 30.4 Å². The largest absolute Gasteiger partial charge is 0.343 e. The number of rotatable bonds is 4. The van der Waals surface area contributed by atoms with Gasteiger partial charge in [-0.2, -0.15) is 4.98 Å². The summed E-state index contributed by atoms with van der Waals surface area (Å²) >= 11 is 0. The summed E-state index contributed by atoms with van der Waals surface area (Å²) in [5.41, 5.74) is 1.30. The Kier molecular flexibility index (Phi) is 2.87. The van der Waals surface area contributed by atoms with Crippen molar-refractivity contribution in [1.29, 1.82) is 0 Å². The molecule has 0 bridgehead atoms. The second-order valence-electron chi connectivity index (χ2n) is 4.30. The van der Waals surface area contributed by atoms with Gasteiger partial charge >= 0.3 is 0 Å². The van der Waals surface area contributed by atoms with Crippen LogP contribution >= 0.6 is 0 Å². The molecular weight excluding hydrogens is 218 g/mol. The van der Waals surface area contributed by atoms with Gasteiger partial charge in [0.05, 0.1) is 6.33 Å². The van der Waals surface area contributed by atoms with E-state index in [0.717, 1.165) is 31.9 Å². The fourth-order valence-corrected chi connectivity index (χ4v) is 2.29. The highest BCUT2D eigenvalue weighted by Crippen LogP contribution is 2.21. The van der Waals surface area contributed by atoms with Crippen LogP contribution in [-0.4, -0.2) is 32.8 Å². The summed E-state index contributed by atoms with van der Waals surface area (Å²) < 4.78 is 6.91. The Bertz CT molecular complexity index is 458. The van der Waals surface area contributed by atoms with Crippen LogP contribution in [0.3, 0.4) is 0 Å². The van der Waals surface area contributed by atoms with E-state index < -0.39 is 0 Å². The molecule has 90 valence electrons. The van der Waals surface area contributed by atoms with Crippen molar-refractivity contribution in [3.8, 4) is 0 Å². The van der Waals surface area contributed by atoms with Crippen molar-refractivity contribution < 1.29 is 4.52 Å². The highest BCUT2D eigenvalue weighted by Gasteiger charge is 2.20. The van der Waals surface area contributed by atoms with Gasteiger partial charge in [0.1, 0.15) is 0 Å². The third-order valence-electron chi connectivity index (χ3n) is 3.21. The fourth-order valence-electron chi connectivity index (χ4n) is 2.29. The van der Waals surface area contributed by atoms with Crippen molar-refractivity contribution in [3.63, 3.8) is 0 Å². The van der Waals surface area contributed by atoms with Gasteiger partial charge in [-0.15, -0.1) is 0 Å². The Hall–Kier alpha value is -1.69. The van der Waals surface area contributed by atoms with Crippen molar-refractivity contribution in [1.82, 2.24) is 25.0 Å². The summed E-state index contributed by atoms with van der Waals surface area (Å²) in [6, 6.07) is 0. The number of nitrogens with zero attached hydrogens (tertiary/aromatic N) is 4. The van der Waals surface area contributed by atoms with E-state index in [4.69, 9.17) is 4.52 Å². The van der Waals surface area contributed by atoms with Crippen LogP contribution in [-0.2, 0) is 13.0 Å². The summed E-state index contributed by atoms with van der Waals surface area (Å²) in [7, 11) is 0. The number of aryl methyl sites for hydroxylation is 2. The van der Waals surface area contributed by atoms with Crippen LogP contribution in [0.25, 0.3) is 0 Å². The zero-order chi connectivity index (χ0) is 11.5. The smallest absolute Gasteiger partial charge is 0.213 e. The molecule has 0 saturated carbocycles. The molecular formula is C11H15N5O. The first-order valence-corrected chi connectivity index (χ1v) is 5.89. The molecule has 0 aromatic carbocycles. The van der Waals surface area contributed by atoms with E-state index in [1.54, 1.807) is 0 Å². The Morgan fingerprint density at radius 3 is 3.29 bits per heavy atom. The van der Waals surface area contributed by atoms with Gasteiger partial charge in [0.15, 0.2) is 5.82 Å². The van der Waals surface area contributed by atoms with Crippen molar-refractivity contribution in [2.45, 2.75) is 25.3 Å². The zero-order valence-electron chi connectivity index (χ0n) is 9.54. The summed E-state index contributed by atoms with van der Waals surface area (Å²) in [6.07, 6.45) is 7.18. The SMILES string of the molecule is c1nc(CCn2cncc2C2CCNC2)no1. The highest BCUT2D eigenvalue weighted by molar-refractivity contribution is 5.09. The predicted octanol–water partition coefficient (Wildman–Crippen LogP) is 0.586. The molecule has 1 fully saturated rings. The molecule has 0 radical (unpaired) electrons. The molecule has 2 aromatic heterocycles. The molecule has 2 aromatic rings. The molecule has 3 rings (SSSR count). The quantitative estimate of drug-likeness (QED) is 0.836. The standard InChI is InChI=1S/C11H15N5O/c1-3-12-5-9(1)10-6-13-7-16(10)4-2-11-14-8-17-15-11/h6-9,12H,1-5H2. The first-order valence-electron chi connectivity index (χ1n) is 5.89. The van der Waals surface area contributed by atoms with E-state index in [-0.39, 0.29) is 0 Å². The zero-order valence-corrected chi connectivity index (χ0v) is 9.54. The number of hydrogen-bond donors (Lipinski definition) is 1. The molecule has 6 heteroatoms. The van der Waals surface area contributed by atoms with Crippen LogP contribution in [0.2, 0.25) is 0 Å². The summed E-state index contributed by atoms with van der Waals surface area (Å²) in [5, 5.41) is 7.19. The summed E-state index contributed by atoms with van der Waals surface area (Å²) in [4.78, 5) is 8.26. The monoisotopic (exact) mass is 233 g/mol. The van der Waals surface area contributed by atoms with Crippen LogP contribution in [0, 0.1) is 0 Å². The van der Waals surface area contributed by atoms with Crippen LogP contribution in [0.15, 0.2) is 23.4 Å². The van der Waals surface area contributed by atoms with Crippen LogP contribution in [0.1, 0.15) is 23.9 Å². The van der Waals surface area contributed by atoms with E-state index in [2.05, 4.69) is 25.0 Å². The Morgan fingerprint density at radius 1 is 1.53 bits per heavy atom. The number of aromatic nitrogens is 4. The van der Waals surface area contributed by atoms with E-state index >= 15 is 0 Å². The second-order valence-corrected chi connectivity index (χ2v) is 4.30. The molecule has 1 unspecified atom stereocenters. The molecule has 17 heavy (non-hydrogen) atoms. The van der Waals surface area contributed by atoms with E-state index in [1.807, 2.05) is 12.5 Å². The maximum Gasteiger partial charge on any atom is 0.213 e. The van der Waals surface area contributed by atoms with Gasteiger partial charge in [-0.25, -0.2) is 4.98 Å². The van der Waals surface area contributed by atoms with Crippen molar-refractivity contribution in [2.24, 2.45) is 0 Å². The van der Waals surface area contributed by atoms with Gasteiger partial charge in [0.2, 0.25) is 6.39 Å². The predicted molar refractivity (Wildman–Crippen MR) is 60.5 cm³/mol.